The minimum absolute atomic E-state index is 0.000270. The molecule has 1 fully saturated rings. The van der Waals surface area contributed by atoms with Crippen molar-refractivity contribution in [2.24, 2.45) is 5.92 Å². The Morgan fingerprint density at radius 3 is 2.54 bits per heavy atom. The zero-order valence-electron chi connectivity index (χ0n) is 17.9. The SMILES string of the molecule is CC(C)N(CC1CCCN(CC(=O)Nc2ccccc2)C1)C(=O)OC(C)(C)C. The Labute approximate surface area is 169 Å². The van der Waals surface area contributed by atoms with Crippen molar-refractivity contribution >= 4 is 17.7 Å². The molecule has 2 rings (SSSR count). The maximum Gasteiger partial charge on any atom is 0.410 e. The largest absolute Gasteiger partial charge is 0.444 e. The van der Waals surface area contributed by atoms with Crippen LogP contribution in [-0.4, -0.2) is 59.6 Å². The standard InChI is InChI=1S/C22H35N3O3/c1-17(2)25(21(27)28-22(3,4)5)15-18-10-9-13-24(14-18)16-20(26)23-19-11-7-6-8-12-19/h6-8,11-12,17-18H,9-10,13-16H2,1-5H3,(H,23,26). The van der Waals surface area contributed by atoms with E-state index >= 15 is 0 Å². The number of para-hydroxylation sites is 1. The number of amides is 2. The Bertz CT molecular complexity index is 640. The van der Waals surface area contributed by atoms with Gasteiger partial charge in [0.2, 0.25) is 5.91 Å². The molecule has 2 amide bonds. The summed E-state index contributed by atoms with van der Waals surface area (Å²) >= 11 is 0. The second kappa shape index (κ2) is 9.92. The Kier molecular flexibility index (Phi) is 7.87. The third kappa shape index (κ3) is 7.50. The second-order valence-electron chi connectivity index (χ2n) is 8.88. The van der Waals surface area contributed by atoms with Crippen molar-refractivity contribution in [1.82, 2.24) is 9.80 Å². The average Bonchev–Trinajstić information content (AvgIpc) is 2.59. The molecule has 1 saturated heterocycles. The number of hydrogen-bond acceptors (Lipinski definition) is 4. The topological polar surface area (TPSA) is 61.9 Å². The predicted molar refractivity (Wildman–Crippen MR) is 112 cm³/mol. The normalized spacial score (nSPS) is 18.0. The van der Waals surface area contributed by atoms with Gasteiger partial charge in [0, 0.05) is 24.8 Å². The summed E-state index contributed by atoms with van der Waals surface area (Å²) in [5.41, 5.74) is 0.315. The quantitative estimate of drug-likeness (QED) is 0.799. The van der Waals surface area contributed by atoms with Crippen molar-refractivity contribution in [1.29, 1.82) is 0 Å². The third-order valence-electron chi connectivity index (χ3n) is 4.73. The van der Waals surface area contributed by atoms with Gasteiger partial charge in [0.05, 0.1) is 6.54 Å². The van der Waals surface area contributed by atoms with Gasteiger partial charge in [-0.05, 0) is 72.1 Å². The first-order valence-corrected chi connectivity index (χ1v) is 10.2. The van der Waals surface area contributed by atoms with Crippen LogP contribution in [0, 0.1) is 5.92 Å². The number of piperidine rings is 1. The van der Waals surface area contributed by atoms with Gasteiger partial charge in [-0.2, -0.15) is 0 Å². The van der Waals surface area contributed by atoms with Crippen LogP contribution in [0.2, 0.25) is 0 Å². The van der Waals surface area contributed by atoms with E-state index in [2.05, 4.69) is 10.2 Å². The molecule has 1 atom stereocenters. The molecular weight excluding hydrogens is 354 g/mol. The van der Waals surface area contributed by atoms with Crippen LogP contribution in [-0.2, 0) is 9.53 Å². The number of hydrogen-bond donors (Lipinski definition) is 1. The van der Waals surface area contributed by atoms with E-state index in [1.165, 1.54) is 0 Å². The highest BCUT2D eigenvalue weighted by Crippen LogP contribution is 2.20. The van der Waals surface area contributed by atoms with E-state index in [0.717, 1.165) is 31.6 Å². The van der Waals surface area contributed by atoms with Crippen LogP contribution in [0.4, 0.5) is 10.5 Å². The number of ether oxygens (including phenoxy) is 1. The smallest absolute Gasteiger partial charge is 0.410 e. The van der Waals surface area contributed by atoms with Crippen molar-refractivity contribution < 1.29 is 14.3 Å². The van der Waals surface area contributed by atoms with E-state index in [4.69, 9.17) is 4.74 Å². The molecule has 1 N–H and O–H groups in total. The summed E-state index contributed by atoms with van der Waals surface area (Å²) in [7, 11) is 0. The maximum atomic E-state index is 12.6. The van der Waals surface area contributed by atoms with Crippen molar-refractivity contribution in [2.75, 3.05) is 31.5 Å². The van der Waals surface area contributed by atoms with Gasteiger partial charge >= 0.3 is 6.09 Å². The first-order valence-electron chi connectivity index (χ1n) is 10.2. The number of anilines is 1. The number of likely N-dealkylation sites (tertiary alicyclic amines) is 1. The summed E-state index contributed by atoms with van der Waals surface area (Å²) in [6, 6.07) is 9.59. The van der Waals surface area contributed by atoms with Crippen molar-refractivity contribution in [2.45, 2.75) is 59.1 Å². The summed E-state index contributed by atoms with van der Waals surface area (Å²) < 4.78 is 5.57. The van der Waals surface area contributed by atoms with Gasteiger partial charge in [-0.3, -0.25) is 9.69 Å². The Morgan fingerprint density at radius 1 is 1.25 bits per heavy atom. The molecule has 0 saturated carbocycles. The molecule has 28 heavy (non-hydrogen) atoms. The highest BCUT2D eigenvalue weighted by molar-refractivity contribution is 5.92. The summed E-state index contributed by atoms with van der Waals surface area (Å²) in [5, 5.41) is 2.94. The van der Waals surface area contributed by atoms with Crippen LogP contribution < -0.4 is 5.32 Å². The molecule has 1 aromatic rings. The van der Waals surface area contributed by atoms with Crippen molar-refractivity contribution in [3.63, 3.8) is 0 Å². The fourth-order valence-corrected chi connectivity index (χ4v) is 3.46. The number of nitrogens with one attached hydrogen (secondary N) is 1. The third-order valence-corrected chi connectivity index (χ3v) is 4.73. The van der Waals surface area contributed by atoms with Crippen LogP contribution >= 0.6 is 0 Å². The Hall–Kier alpha value is -2.08. The molecule has 0 aromatic heterocycles. The lowest BCUT2D eigenvalue weighted by atomic mass is 9.97. The van der Waals surface area contributed by atoms with Crippen LogP contribution in [0.1, 0.15) is 47.5 Å². The molecule has 1 aliphatic heterocycles. The Morgan fingerprint density at radius 2 is 1.93 bits per heavy atom. The molecule has 1 heterocycles. The predicted octanol–water partition coefficient (Wildman–Crippen LogP) is 3.98. The highest BCUT2D eigenvalue weighted by atomic mass is 16.6. The monoisotopic (exact) mass is 389 g/mol. The van der Waals surface area contributed by atoms with Crippen molar-refractivity contribution in [3.8, 4) is 0 Å². The average molecular weight is 390 g/mol. The minimum atomic E-state index is -0.502. The van der Waals surface area contributed by atoms with E-state index in [-0.39, 0.29) is 18.0 Å². The van der Waals surface area contributed by atoms with E-state index < -0.39 is 5.60 Å². The Balaban J connectivity index is 1.88. The van der Waals surface area contributed by atoms with Crippen molar-refractivity contribution in [3.05, 3.63) is 30.3 Å². The van der Waals surface area contributed by atoms with Gasteiger partial charge < -0.3 is 15.0 Å². The molecule has 0 aliphatic carbocycles. The fraction of sp³-hybridized carbons (Fsp3) is 0.636. The zero-order chi connectivity index (χ0) is 20.7. The second-order valence-corrected chi connectivity index (χ2v) is 8.88. The molecule has 1 unspecified atom stereocenters. The van der Waals surface area contributed by atoms with Crippen LogP contribution in [0.15, 0.2) is 30.3 Å². The lowest BCUT2D eigenvalue weighted by Crippen LogP contribution is -2.48. The van der Waals surface area contributed by atoms with E-state index in [1.54, 1.807) is 0 Å². The lowest BCUT2D eigenvalue weighted by molar-refractivity contribution is -0.117. The van der Waals surface area contributed by atoms with E-state index in [9.17, 15) is 9.59 Å². The number of benzene rings is 1. The van der Waals surface area contributed by atoms with E-state index in [0.29, 0.717) is 19.0 Å². The van der Waals surface area contributed by atoms with Gasteiger partial charge in [-0.25, -0.2) is 4.79 Å². The summed E-state index contributed by atoms with van der Waals surface area (Å²) in [6.45, 7) is 12.4. The summed E-state index contributed by atoms with van der Waals surface area (Å²) in [6.07, 6.45) is 1.83. The molecule has 0 bridgehead atoms. The fourth-order valence-electron chi connectivity index (χ4n) is 3.46. The van der Waals surface area contributed by atoms with Crippen LogP contribution in [0.5, 0.6) is 0 Å². The van der Waals surface area contributed by atoms with Crippen LogP contribution in [0.3, 0.4) is 0 Å². The first kappa shape index (κ1) is 22.2. The highest BCUT2D eigenvalue weighted by Gasteiger charge is 2.29. The maximum absolute atomic E-state index is 12.6. The molecule has 1 aliphatic rings. The molecule has 1 aromatic carbocycles. The number of carbonyl (C=O) groups is 2. The molecule has 6 nitrogen and oxygen atoms in total. The molecular formula is C22H35N3O3. The molecule has 156 valence electrons. The van der Waals surface area contributed by atoms with Gasteiger partial charge in [0.1, 0.15) is 5.60 Å². The van der Waals surface area contributed by atoms with Gasteiger partial charge in [-0.15, -0.1) is 0 Å². The number of rotatable bonds is 6. The molecule has 6 heteroatoms. The number of nitrogens with zero attached hydrogens (tertiary/aromatic N) is 2. The number of carbonyl (C=O) groups excluding carboxylic acids is 2. The van der Waals surface area contributed by atoms with Gasteiger partial charge in [-0.1, -0.05) is 18.2 Å². The van der Waals surface area contributed by atoms with E-state index in [1.807, 2.05) is 69.9 Å². The minimum Gasteiger partial charge on any atom is -0.444 e. The van der Waals surface area contributed by atoms with Crippen LogP contribution in [0.25, 0.3) is 0 Å². The summed E-state index contributed by atoms with van der Waals surface area (Å²) in [4.78, 5) is 28.9. The van der Waals surface area contributed by atoms with Gasteiger partial charge in [0.25, 0.3) is 0 Å². The lowest BCUT2D eigenvalue weighted by Gasteiger charge is -2.37. The molecule has 0 radical (unpaired) electrons. The zero-order valence-corrected chi connectivity index (χ0v) is 17.9. The summed E-state index contributed by atoms with van der Waals surface area (Å²) in [5.74, 6) is 0.341. The molecule has 0 spiro atoms. The van der Waals surface area contributed by atoms with Gasteiger partial charge in [0.15, 0.2) is 0 Å². The first-order chi connectivity index (χ1) is 13.1.